The first-order valence-electron chi connectivity index (χ1n) is 9.38. The van der Waals surface area contributed by atoms with Crippen LogP contribution in [0.5, 0.6) is 0 Å². The third-order valence-electron chi connectivity index (χ3n) is 4.63. The van der Waals surface area contributed by atoms with Crippen molar-refractivity contribution in [3.8, 4) is 11.3 Å². The van der Waals surface area contributed by atoms with Crippen molar-refractivity contribution in [1.29, 1.82) is 0 Å². The Kier molecular flexibility index (Phi) is 6.69. The van der Waals surface area contributed by atoms with Gasteiger partial charge in [-0.1, -0.05) is 30.3 Å². The van der Waals surface area contributed by atoms with Crippen molar-refractivity contribution < 1.29 is 18.0 Å². The number of anilines is 1. The molecule has 1 aromatic heterocycles. The zero-order valence-electron chi connectivity index (χ0n) is 15.8. The van der Waals surface area contributed by atoms with Gasteiger partial charge in [-0.3, -0.25) is 14.4 Å². The second kappa shape index (κ2) is 9.03. The fourth-order valence-electron chi connectivity index (χ4n) is 2.93. The average molecular weight is 411 g/mol. The van der Waals surface area contributed by atoms with Gasteiger partial charge in [-0.05, 0) is 18.8 Å². The monoisotopic (exact) mass is 411 g/mol. The van der Waals surface area contributed by atoms with Gasteiger partial charge < -0.3 is 0 Å². The van der Waals surface area contributed by atoms with Crippen LogP contribution in [0, 0.1) is 5.92 Å². The van der Waals surface area contributed by atoms with Crippen LogP contribution in [0.1, 0.15) is 25.7 Å². The fourth-order valence-corrected chi connectivity index (χ4v) is 3.83. The molecule has 0 unspecified atom stereocenters. The molecule has 0 saturated heterocycles. The summed E-state index contributed by atoms with van der Waals surface area (Å²) >= 11 is 1.17. The Balaban J connectivity index is 1.65. The molecule has 1 aromatic carbocycles. The van der Waals surface area contributed by atoms with Gasteiger partial charge in [0.25, 0.3) is 0 Å². The standard InChI is InChI=1S/C20H24F3N3OS/c1-25-18(13-17(24-25)16-5-3-2-4-6-16)26(14-15-7-8-15)19(27)9-11-28-12-10-20(21,22)23/h2-6,13,15H,7-12,14H2,1H3. The van der Waals surface area contributed by atoms with E-state index in [9.17, 15) is 18.0 Å². The summed E-state index contributed by atoms with van der Waals surface area (Å²) in [6.07, 6.45) is -2.53. The van der Waals surface area contributed by atoms with Crippen molar-refractivity contribution in [2.24, 2.45) is 13.0 Å². The van der Waals surface area contributed by atoms with E-state index in [1.165, 1.54) is 11.8 Å². The lowest BCUT2D eigenvalue weighted by Gasteiger charge is -2.22. The predicted octanol–water partition coefficient (Wildman–Crippen LogP) is 4.91. The van der Waals surface area contributed by atoms with E-state index in [-0.39, 0.29) is 18.1 Å². The molecule has 1 aliphatic carbocycles. The van der Waals surface area contributed by atoms with E-state index in [4.69, 9.17) is 0 Å². The van der Waals surface area contributed by atoms with Crippen LogP contribution >= 0.6 is 11.8 Å². The first kappa shape index (κ1) is 20.8. The van der Waals surface area contributed by atoms with Crippen LogP contribution < -0.4 is 4.90 Å². The van der Waals surface area contributed by atoms with Gasteiger partial charge in [0.05, 0.1) is 12.1 Å². The van der Waals surface area contributed by atoms with Crippen LogP contribution in [0.25, 0.3) is 11.3 Å². The van der Waals surface area contributed by atoms with Gasteiger partial charge >= 0.3 is 6.18 Å². The Hall–Kier alpha value is -1.96. The minimum absolute atomic E-state index is 0.0106. The Morgan fingerprint density at radius 2 is 1.96 bits per heavy atom. The molecule has 1 aliphatic rings. The molecule has 0 N–H and O–H groups in total. The molecule has 1 amide bonds. The van der Waals surface area contributed by atoms with Crippen molar-refractivity contribution >= 4 is 23.5 Å². The number of alkyl halides is 3. The van der Waals surface area contributed by atoms with Crippen LogP contribution in [0.4, 0.5) is 19.0 Å². The van der Waals surface area contributed by atoms with Crippen LogP contribution in [0.15, 0.2) is 36.4 Å². The van der Waals surface area contributed by atoms with E-state index in [1.54, 1.807) is 9.58 Å². The summed E-state index contributed by atoms with van der Waals surface area (Å²) in [5, 5.41) is 4.54. The van der Waals surface area contributed by atoms with Crippen molar-refractivity contribution in [2.45, 2.75) is 31.9 Å². The number of carbonyl (C=O) groups excluding carboxylic acids is 1. The molecular weight excluding hydrogens is 387 g/mol. The van der Waals surface area contributed by atoms with E-state index in [2.05, 4.69) is 5.10 Å². The molecule has 0 bridgehead atoms. The number of halogens is 3. The topological polar surface area (TPSA) is 38.1 Å². The number of hydrogen-bond acceptors (Lipinski definition) is 3. The molecular formula is C20H24F3N3OS. The Bertz CT molecular complexity index is 788. The molecule has 152 valence electrons. The summed E-state index contributed by atoms with van der Waals surface area (Å²) in [4.78, 5) is 14.6. The van der Waals surface area contributed by atoms with Gasteiger partial charge in [-0.2, -0.15) is 30.0 Å². The van der Waals surface area contributed by atoms with E-state index >= 15 is 0 Å². The maximum absolute atomic E-state index is 12.8. The van der Waals surface area contributed by atoms with E-state index in [1.807, 2.05) is 43.4 Å². The number of amides is 1. The zero-order valence-corrected chi connectivity index (χ0v) is 16.6. The Labute approximate surface area is 167 Å². The molecule has 0 atom stereocenters. The van der Waals surface area contributed by atoms with Crippen molar-refractivity contribution in [2.75, 3.05) is 23.0 Å². The van der Waals surface area contributed by atoms with Gasteiger partial charge in [0.2, 0.25) is 5.91 Å². The molecule has 1 fully saturated rings. The van der Waals surface area contributed by atoms with Crippen molar-refractivity contribution in [1.82, 2.24) is 9.78 Å². The summed E-state index contributed by atoms with van der Waals surface area (Å²) in [7, 11) is 1.81. The van der Waals surface area contributed by atoms with E-state index in [0.717, 1.165) is 29.9 Å². The lowest BCUT2D eigenvalue weighted by Crippen LogP contribution is -2.34. The number of aromatic nitrogens is 2. The molecule has 0 aliphatic heterocycles. The second-order valence-corrected chi connectivity index (χ2v) is 8.28. The highest BCUT2D eigenvalue weighted by Crippen LogP contribution is 2.33. The molecule has 1 heterocycles. The van der Waals surface area contributed by atoms with Gasteiger partial charge in [0, 0.05) is 43.1 Å². The van der Waals surface area contributed by atoms with Gasteiger partial charge in [-0.15, -0.1) is 0 Å². The third kappa shape index (κ3) is 6.02. The Morgan fingerprint density at radius 1 is 1.25 bits per heavy atom. The predicted molar refractivity (Wildman–Crippen MR) is 106 cm³/mol. The molecule has 1 saturated carbocycles. The first-order chi connectivity index (χ1) is 13.3. The maximum atomic E-state index is 12.8. The Morgan fingerprint density at radius 3 is 2.61 bits per heavy atom. The summed E-state index contributed by atoms with van der Waals surface area (Å²) in [5.41, 5.74) is 1.78. The fraction of sp³-hybridized carbons (Fsp3) is 0.500. The molecule has 0 spiro atoms. The van der Waals surface area contributed by atoms with Crippen molar-refractivity contribution in [3.05, 3.63) is 36.4 Å². The number of aryl methyl sites for hydroxylation is 1. The highest BCUT2D eigenvalue weighted by Gasteiger charge is 2.30. The van der Waals surface area contributed by atoms with Crippen LogP contribution in [-0.4, -0.2) is 39.9 Å². The summed E-state index contributed by atoms with van der Waals surface area (Å²) in [6, 6.07) is 11.7. The number of nitrogens with zero attached hydrogens (tertiary/aromatic N) is 3. The van der Waals surface area contributed by atoms with Crippen LogP contribution in [0.3, 0.4) is 0 Å². The van der Waals surface area contributed by atoms with Crippen LogP contribution in [-0.2, 0) is 11.8 Å². The quantitative estimate of drug-likeness (QED) is 0.551. The molecule has 2 aromatic rings. The molecule has 3 rings (SSSR count). The van der Waals surface area contributed by atoms with E-state index in [0.29, 0.717) is 18.2 Å². The number of benzene rings is 1. The minimum Gasteiger partial charge on any atom is -0.297 e. The molecule has 4 nitrogen and oxygen atoms in total. The minimum atomic E-state index is -4.14. The highest BCUT2D eigenvalue weighted by atomic mass is 32.2. The largest absolute Gasteiger partial charge is 0.389 e. The van der Waals surface area contributed by atoms with Gasteiger partial charge in [-0.25, -0.2) is 0 Å². The summed E-state index contributed by atoms with van der Waals surface area (Å²) < 4.78 is 38.4. The number of rotatable bonds is 9. The lowest BCUT2D eigenvalue weighted by atomic mass is 10.1. The number of thioether (sulfide) groups is 1. The SMILES string of the molecule is Cn1nc(-c2ccccc2)cc1N(CC1CC1)C(=O)CCSCCC(F)(F)F. The van der Waals surface area contributed by atoms with Gasteiger partial charge in [0.1, 0.15) is 5.82 Å². The van der Waals surface area contributed by atoms with Gasteiger partial charge in [0.15, 0.2) is 0 Å². The highest BCUT2D eigenvalue weighted by molar-refractivity contribution is 7.99. The summed E-state index contributed by atoms with van der Waals surface area (Å²) in [5.74, 6) is 1.55. The average Bonchev–Trinajstić information content (AvgIpc) is 3.39. The van der Waals surface area contributed by atoms with Crippen molar-refractivity contribution in [3.63, 3.8) is 0 Å². The molecule has 28 heavy (non-hydrogen) atoms. The number of carbonyl (C=O) groups is 1. The zero-order chi connectivity index (χ0) is 20.1. The smallest absolute Gasteiger partial charge is 0.297 e. The molecule has 0 radical (unpaired) electrons. The van der Waals surface area contributed by atoms with Crippen LogP contribution in [0.2, 0.25) is 0 Å². The normalized spacial score (nSPS) is 14.3. The second-order valence-electron chi connectivity index (χ2n) is 7.05. The molecule has 8 heteroatoms. The maximum Gasteiger partial charge on any atom is 0.389 e. The summed E-state index contributed by atoms with van der Waals surface area (Å²) in [6.45, 7) is 0.639. The number of hydrogen-bond donors (Lipinski definition) is 0. The first-order valence-corrected chi connectivity index (χ1v) is 10.5. The van der Waals surface area contributed by atoms with E-state index < -0.39 is 12.6 Å². The lowest BCUT2D eigenvalue weighted by molar-refractivity contribution is -0.129. The third-order valence-corrected chi connectivity index (χ3v) is 5.62.